The van der Waals surface area contributed by atoms with Crippen LogP contribution in [0, 0.1) is 5.92 Å². The quantitative estimate of drug-likeness (QED) is 0.159. The lowest BCUT2D eigenvalue weighted by Crippen LogP contribution is -2.55. The summed E-state index contributed by atoms with van der Waals surface area (Å²) >= 11 is 0. The summed E-state index contributed by atoms with van der Waals surface area (Å²) in [6.45, 7) is 10.0. The number of rotatable bonds is 18. The second kappa shape index (κ2) is 18.7. The first-order valence-electron chi connectivity index (χ1n) is 15.4. The Balaban J connectivity index is 2.08. The van der Waals surface area contributed by atoms with Gasteiger partial charge in [0.25, 0.3) is 0 Å². The van der Waals surface area contributed by atoms with Gasteiger partial charge in [0, 0.05) is 25.6 Å². The first-order valence-corrected chi connectivity index (χ1v) is 15.4. The molecule has 0 fully saturated rings. The highest BCUT2D eigenvalue weighted by Gasteiger charge is 2.28. The number of carboxylic acids is 1. The molecule has 44 heavy (non-hydrogen) atoms. The monoisotopic (exact) mass is 610 g/mol. The van der Waals surface area contributed by atoms with Gasteiger partial charge >= 0.3 is 12.1 Å². The van der Waals surface area contributed by atoms with E-state index in [4.69, 9.17) is 4.74 Å². The summed E-state index contributed by atoms with van der Waals surface area (Å²) in [5, 5.41) is 21.1. The molecule has 0 aliphatic carbocycles. The van der Waals surface area contributed by atoms with Crippen LogP contribution in [0.15, 0.2) is 60.7 Å². The smallest absolute Gasteiger partial charge is 0.407 e. The van der Waals surface area contributed by atoms with E-state index in [0.29, 0.717) is 25.8 Å². The number of carbonyl (C=O) groups excluding carboxylic acids is 3. The Hall–Kier alpha value is -3.92. The SMILES string of the molecule is CC(C)C[C@H](NC[C@H](Cc1ccccc1)NC(=O)OC(C)(C)C)C(=O)N[C@@H](CCC(=O)O)C(=O)NCCCc1ccccc1. The average Bonchev–Trinajstić information content (AvgIpc) is 2.95. The first-order chi connectivity index (χ1) is 20.8. The van der Waals surface area contributed by atoms with Crippen molar-refractivity contribution in [1.29, 1.82) is 0 Å². The fraction of sp³-hybridized carbons (Fsp3) is 0.529. The number of hydrogen-bond acceptors (Lipinski definition) is 6. The van der Waals surface area contributed by atoms with Gasteiger partial charge in [-0.05, 0) is 69.9 Å². The molecule has 3 atom stereocenters. The number of aliphatic carboxylic acids is 1. The Morgan fingerprint density at radius 1 is 0.841 bits per heavy atom. The summed E-state index contributed by atoms with van der Waals surface area (Å²) in [4.78, 5) is 50.5. The number of ether oxygens (including phenoxy) is 1. The minimum Gasteiger partial charge on any atom is -0.481 e. The maximum atomic E-state index is 13.5. The molecule has 0 saturated heterocycles. The van der Waals surface area contributed by atoms with E-state index in [-0.39, 0.29) is 31.3 Å². The molecule has 2 aromatic carbocycles. The largest absolute Gasteiger partial charge is 0.481 e. The van der Waals surface area contributed by atoms with E-state index >= 15 is 0 Å². The zero-order valence-electron chi connectivity index (χ0n) is 26.7. The lowest BCUT2D eigenvalue weighted by molar-refractivity contribution is -0.138. The molecule has 0 heterocycles. The van der Waals surface area contributed by atoms with E-state index in [0.717, 1.165) is 17.5 Å². The van der Waals surface area contributed by atoms with Crippen LogP contribution in [0.25, 0.3) is 0 Å². The van der Waals surface area contributed by atoms with Crippen molar-refractivity contribution >= 4 is 23.9 Å². The molecule has 0 spiro atoms. The zero-order chi connectivity index (χ0) is 32.5. The third-order valence-electron chi connectivity index (χ3n) is 6.74. The van der Waals surface area contributed by atoms with E-state index in [1.807, 2.05) is 74.5 Å². The normalized spacial score (nSPS) is 13.4. The molecule has 5 N–H and O–H groups in total. The summed E-state index contributed by atoms with van der Waals surface area (Å²) in [6.07, 6.45) is 1.63. The number of carbonyl (C=O) groups is 4. The van der Waals surface area contributed by atoms with E-state index < -0.39 is 41.6 Å². The molecule has 0 aromatic heterocycles. The first kappa shape index (κ1) is 36.3. The minimum atomic E-state index is -1.05. The van der Waals surface area contributed by atoms with Gasteiger partial charge in [0.2, 0.25) is 11.8 Å². The van der Waals surface area contributed by atoms with Crippen LogP contribution in [0.3, 0.4) is 0 Å². The Bertz CT molecular complexity index is 1170. The fourth-order valence-corrected chi connectivity index (χ4v) is 4.67. The van der Waals surface area contributed by atoms with Crippen LogP contribution in [-0.2, 0) is 32.0 Å². The number of aryl methyl sites for hydroxylation is 1. The average molecular weight is 611 g/mol. The molecule has 10 nitrogen and oxygen atoms in total. The Kier molecular flexibility index (Phi) is 15.4. The van der Waals surface area contributed by atoms with Gasteiger partial charge in [-0.25, -0.2) is 4.79 Å². The summed E-state index contributed by atoms with van der Waals surface area (Å²) in [6, 6.07) is 17.6. The number of nitrogens with one attached hydrogen (secondary N) is 4. The van der Waals surface area contributed by atoms with Crippen LogP contribution in [0.2, 0.25) is 0 Å². The molecule has 0 saturated carbocycles. The van der Waals surface area contributed by atoms with Gasteiger partial charge < -0.3 is 31.1 Å². The number of benzene rings is 2. The van der Waals surface area contributed by atoms with Crippen molar-refractivity contribution in [1.82, 2.24) is 21.3 Å². The van der Waals surface area contributed by atoms with Crippen LogP contribution in [0.5, 0.6) is 0 Å². The third-order valence-corrected chi connectivity index (χ3v) is 6.74. The zero-order valence-corrected chi connectivity index (χ0v) is 26.7. The molecule has 242 valence electrons. The molecule has 0 aliphatic heterocycles. The minimum absolute atomic E-state index is 0.0309. The fourth-order valence-electron chi connectivity index (χ4n) is 4.67. The van der Waals surface area contributed by atoms with Crippen molar-refractivity contribution in [3.8, 4) is 0 Å². The second-order valence-corrected chi connectivity index (χ2v) is 12.5. The van der Waals surface area contributed by atoms with E-state index in [2.05, 4.69) is 21.3 Å². The molecule has 0 bridgehead atoms. The molecule has 0 unspecified atom stereocenters. The molecular weight excluding hydrogens is 560 g/mol. The van der Waals surface area contributed by atoms with E-state index in [9.17, 15) is 24.3 Å². The van der Waals surface area contributed by atoms with Crippen molar-refractivity contribution in [3.05, 3.63) is 71.8 Å². The van der Waals surface area contributed by atoms with Gasteiger partial charge in [-0.3, -0.25) is 14.4 Å². The molecule has 2 rings (SSSR count). The van der Waals surface area contributed by atoms with Crippen molar-refractivity contribution in [2.75, 3.05) is 13.1 Å². The highest BCUT2D eigenvalue weighted by atomic mass is 16.6. The predicted octanol–water partition coefficient (Wildman–Crippen LogP) is 4.23. The highest BCUT2D eigenvalue weighted by Crippen LogP contribution is 2.11. The highest BCUT2D eigenvalue weighted by molar-refractivity contribution is 5.90. The third kappa shape index (κ3) is 15.5. The van der Waals surface area contributed by atoms with Gasteiger partial charge in [-0.1, -0.05) is 74.5 Å². The van der Waals surface area contributed by atoms with Gasteiger partial charge in [0.15, 0.2) is 0 Å². The lowest BCUT2D eigenvalue weighted by Gasteiger charge is -2.27. The van der Waals surface area contributed by atoms with E-state index in [1.54, 1.807) is 20.8 Å². The molecule has 10 heteroatoms. The Morgan fingerprint density at radius 2 is 1.45 bits per heavy atom. The topological polar surface area (TPSA) is 146 Å². The summed E-state index contributed by atoms with van der Waals surface area (Å²) in [5.74, 6) is -1.71. The molecule has 2 aromatic rings. The number of hydrogen-bond donors (Lipinski definition) is 5. The Labute approximate surface area is 261 Å². The molecule has 0 radical (unpaired) electrons. The van der Waals surface area contributed by atoms with Gasteiger partial charge in [0.1, 0.15) is 11.6 Å². The second-order valence-electron chi connectivity index (χ2n) is 12.5. The van der Waals surface area contributed by atoms with Crippen molar-refractivity contribution < 1.29 is 29.0 Å². The van der Waals surface area contributed by atoms with Crippen LogP contribution in [0.4, 0.5) is 4.79 Å². The Morgan fingerprint density at radius 3 is 2.02 bits per heavy atom. The standard InChI is InChI=1S/C34H50N4O6/c1-24(2)21-29(36-23-27(22-26-15-10-7-11-16-26)37-33(43)44-34(3,4)5)32(42)38-28(18-19-30(39)40)31(41)35-20-12-17-25-13-8-6-9-14-25/h6-11,13-16,24,27-29,36H,12,17-23H2,1-5H3,(H,35,41)(H,37,43)(H,38,42)(H,39,40)/t27-,28-,29-/m0/s1. The van der Waals surface area contributed by atoms with Crippen molar-refractivity contribution in [2.45, 2.75) is 96.9 Å². The van der Waals surface area contributed by atoms with Crippen LogP contribution in [-0.4, -0.2) is 65.8 Å². The summed E-state index contributed by atoms with van der Waals surface area (Å²) < 4.78 is 5.47. The lowest BCUT2D eigenvalue weighted by atomic mass is 10.0. The van der Waals surface area contributed by atoms with Crippen LogP contribution < -0.4 is 21.3 Å². The molecular formula is C34H50N4O6. The van der Waals surface area contributed by atoms with Crippen molar-refractivity contribution in [2.24, 2.45) is 5.92 Å². The van der Waals surface area contributed by atoms with Crippen LogP contribution in [0.1, 0.15) is 71.4 Å². The number of carboxylic acid groups (broad SMARTS) is 1. The summed E-state index contributed by atoms with van der Waals surface area (Å²) in [5.41, 5.74) is 1.51. The van der Waals surface area contributed by atoms with E-state index in [1.165, 1.54) is 0 Å². The van der Waals surface area contributed by atoms with Crippen molar-refractivity contribution in [3.63, 3.8) is 0 Å². The van der Waals surface area contributed by atoms with Gasteiger partial charge in [-0.15, -0.1) is 0 Å². The van der Waals surface area contributed by atoms with Gasteiger partial charge in [0.05, 0.1) is 6.04 Å². The maximum absolute atomic E-state index is 13.5. The molecule has 0 aliphatic rings. The predicted molar refractivity (Wildman–Crippen MR) is 171 cm³/mol. The maximum Gasteiger partial charge on any atom is 0.407 e. The van der Waals surface area contributed by atoms with Crippen LogP contribution >= 0.6 is 0 Å². The number of alkyl carbamates (subject to hydrolysis) is 1. The summed E-state index contributed by atoms with van der Waals surface area (Å²) in [7, 11) is 0. The van der Waals surface area contributed by atoms with Gasteiger partial charge in [-0.2, -0.15) is 0 Å². The number of amides is 3. The molecule has 3 amide bonds.